The third-order valence-corrected chi connectivity index (χ3v) is 5.92. The average molecular weight is 397 g/mol. The van der Waals surface area contributed by atoms with Gasteiger partial charge in [-0.2, -0.15) is 10.5 Å². The van der Waals surface area contributed by atoms with E-state index < -0.39 is 0 Å². The van der Waals surface area contributed by atoms with Gasteiger partial charge in [0.15, 0.2) is 0 Å². The van der Waals surface area contributed by atoms with Crippen molar-refractivity contribution < 1.29 is 0 Å². The van der Waals surface area contributed by atoms with Crippen molar-refractivity contribution in [3.05, 3.63) is 113 Å². The van der Waals surface area contributed by atoms with E-state index in [2.05, 4.69) is 84.6 Å². The molecule has 1 aliphatic heterocycles. The molecule has 31 heavy (non-hydrogen) atoms. The highest BCUT2D eigenvalue weighted by atomic mass is 15.2. The van der Waals surface area contributed by atoms with Crippen LogP contribution < -0.4 is 4.90 Å². The normalized spacial score (nSPS) is 12.4. The molecule has 0 amide bonds. The van der Waals surface area contributed by atoms with E-state index >= 15 is 0 Å². The molecule has 0 radical (unpaired) electrons. The van der Waals surface area contributed by atoms with Crippen LogP contribution in [0.15, 0.2) is 91.0 Å². The topological polar surface area (TPSA) is 50.8 Å². The Hall–Kier alpha value is -4.34. The fourth-order valence-electron chi connectivity index (χ4n) is 4.44. The van der Waals surface area contributed by atoms with E-state index in [-0.39, 0.29) is 0 Å². The molecule has 1 heterocycles. The Balaban J connectivity index is 1.69. The maximum absolute atomic E-state index is 9.36. The number of nitriles is 2. The van der Waals surface area contributed by atoms with Gasteiger partial charge in [-0.05, 0) is 64.7 Å². The summed E-state index contributed by atoms with van der Waals surface area (Å²) in [7, 11) is 0. The Morgan fingerprint density at radius 3 is 1.81 bits per heavy atom. The van der Waals surface area contributed by atoms with Crippen molar-refractivity contribution in [2.24, 2.45) is 0 Å². The molecule has 5 rings (SSSR count). The van der Waals surface area contributed by atoms with Crippen molar-refractivity contribution in [1.82, 2.24) is 0 Å². The molecule has 0 saturated carbocycles. The molecule has 0 spiro atoms. The first-order valence-corrected chi connectivity index (χ1v) is 10.2. The predicted octanol–water partition coefficient (Wildman–Crippen LogP) is 7.03. The molecule has 0 bridgehead atoms. The van der Waals surface area contributed by atoms with Crippen LogP contribution in [0.2, 0.25) is 0 Å². The summed E-state index contributed by atoms with van der Waals surface area (Å²) in [6.07, 6.45) is 0. The molecule has 4 aromatic rings. The van der Waals surface area contributed by atoms with Crippen LogP contribution in [0.1, 0.15) is 35.1 Å². The summed E-state index contributed by atoms with van der Waals surface area (Å²) in [6, 6.07) is 34.9. The third kappa shape index (κ3) is 3.14. The Morgan fingerprint density at radius 2 is 1.23 bits per heavy atom. The minimum Gasteiger partial charge on any atom is -0.310 e. The van der Waals surface area contributed by atoms with E-state index in [1.54, 1.807) is 6.07 Å². The third-order valence-electron chi connectivity index (χ3n) is 5.92. The van der Waals surface area contributed by atoms with Crippen LogP contribution in [0.5, 0.6) is 0 Å². The van der Waals surface area contributed by atoms with Gasteiger partial charge in [-0.25, -0.2) is 0 Å². The lowest BCUT2D eigenvalue weighted by Gasteiger charge is -2.36. The Morgan fingerprint density at radius 1 is 0.645 bits per heavy atom. The maximum atomic E-state index is 9.36. The molecule has 0 N–H and O–H groups in total. The van der Waals surface area contributed by atoms with Crippen molar-refractivity contribution in [2.75, 3.05) is 4.90 Å². The number of hydrogen-bond donors (Lipinski definition) is 0. The van der Waals surface area contributed by atoms with Crippen LogP contribution in [0.4, 0.5) is 17.1 Å². The molecule has 0 fully saturated rings. The minimum atomic E-state index is 0.317. The Kier molecular flexibility index (Phi) is 4.51. The molecule has 3 heteroatoms. The standard InChI is InChI=1S/C28H19N3/c1-19-25-9-2-4-11-27(25)31(28-12-5-3-10-26(19)28)24-8-6-7-22(16-24)23-14-20(17-29)13-21(15-23)18-30/h2-16,19H,1H3. The highest BCUT2D eigenvalue weighted by Crippen LogP contribution is 2.49. The largest absolute Gasteiger partial charge is 0.310 e. The molecule has 146 valence electrons. The number of anilines is 3. The summed E-state index contributed by atoms with van der Waals surface area (Å²) in [5.74, 6) is 0.317. The van der Waals surface area contributed by atoms with Crippen LogP contribution in [-0.2, 0) is 0 Å². The Labute approximate surface area is 182 Å². The second-order valence-electron chi connectivity index (χ2n) is 7.75. The number of para-hydroxylation sites is 2. The number of benzene rings is 4. The lowest BCUT2D eigenvalue weighted by Crippen LogP contribution is -2.20. The van der Waals surface area contributed by atoms with Crippen LogP contribution in [0, 0.1) is 22.7 Å². The second-order valence-corrected chi connectivity index (χ2v) is 7.75. The van der Waals surface area contributed by atoms with E-state index in [1.165, 1.54) is 22.5 Å². The lowest BCUT2D eigenvalue weighted by atomic mass is 9.86. The quantitative estimate of drug-likeness (QED) is 0.365. The monoisotopic (exact) mass is 397 g/mol. The first-order valence-electron chi connectivity index (χ1n) is 10.2. The van der Waals surface area contributed by atoms with Gasteiger partial charge in [0, 0.05) is 23.0 Å². The van der Waals surface area contributed by atoms with E-state index in [1.807, 2.05) is 24.3 Å². The van der Waals surface area contributed by atoms with Crippen molar-refractivity contribution in [1.29, 1.82) is 10.5 Å². The summed E-state index contributed by atoms with van der Waals surface area (Å²) in [5.41, 5.74) is 8.80. The van der Waals surface area contributed by atoms with Gasteiger partial charge in [-0.3, -0.25) is 0 Å². The van der Waals surface area contributed by atoms with Gasteiger partial charge < -0.3 is 4.90 Å². The van der Waals surface area contributed by atoms with Gasteiger partial charge in [-0.1, -0.05) is 55.5 Å². The molecule has 4 aromatic carbocycles. The minimum absolute atomic E-state index is 0.317. The molecular weight excluding hydrogens is 378 g/mol. The zero-order chi connectivity index (χ0) is 21.4. The fraction of sp³-hybridized carbons (Fsp3) is 0.0714. The van der Waals surface area contributed by atoms with Crippen LogP contribution >= 0.6 is 0 Å². The number of nitrogens with zero attached hydrogens (tertiary/aromatic N) is 3. The Bertz CT molecular complexity index is 1310. The van der Waals surface area contributed by atoms with E-state index in [0.717, 1.165) is 16.8 Å². The van der Waals surface area contributed by atoms with Gasteiger partial charge in [0.1, 0.15) is 0 Å². The summed E-state index contributed by atoms with van der Waals surface area (Å²) < 4.78 is 0. The second kappa shape index (κ2) is 7.48. The first kappa shape index (κ1) is 18.7. The zero-order valence-electron chi connectivity index (χ0n) is 17.1. The fourth-order valence-corrected chi connectivity index (χ4v) is 4.44. The van der Waals surface area contributed by atoms with E-state index in [9.17, 15) is 10.5 Å². The van der Waals surface area contributed by atoms with Crippen molar-refractivity contribution in [2.45, 2.75) is 12.8 Å². The summed E-state index contributed by atoms with van der Waals surface area (Å²) in [5, 5.41) is 18.7. The van der Waals surface area contributed by atoms with Crippen LogP contribution in [-0.4, -0.2) is 0 Å². The van der Waals surface area contributed by atoms with Gasteiger partial charge in [0.05, 0.1) is 23.3 Å². The predicted molar refractivity (Wildman–Crippen MR) is 124 cm³/mol. The first-order chi connectivity index (χ1) is 15.2. The van der Waals surface area contributed by atoms with Crippen molar-refractivity contribution >= 4 is 17.1 Å². The molecule has 0 unspecified atom stereocenters. The molecule has 0 saturated heterocycles. The van der Waals surface area contributed by atoms with Crippen molar-refractivity contribution in [3.8, 4) is 23.3 Å². The number of fused-ring (bicyclic) bond motifs is 2. The molecule has 0 aromatic heterocycles. The molecule has 0 aliphatic carbocycles. The maximum Gasteiger partial charge on any atom is 0.0992 e. The highest BCUT2D eigenvalue weighted by molar-refractivity contribution is 5.86. The lowest BCUT2D eigenvalue weighted by molar-refractivity contribution is 0.892. The van der Waals surface area contributed by atoms with E-state index in [4.69, 9.17) is 0 Å². The smallest absolute Gasteiger partial charge is 0.0992 e. The average Bonchev–Trinajstić information content (AvgIpc) is 2.84. The van der Waals surface area contributed by atoms with Crippen LogP contribution in [0.25, 0.3) is 11.1 Å². The summed E-state index contributed by atoms with van der Waals surface area (Å²) >= 11 is 0. The molecule has 0 atom stereocenters. The van der Waals surface area contributed by atoms with E-state index in [0.29, 0.717) is 17.0 Å². The molecule has 1 aliphatic rings. The SMILES string of the molecule is CC1c2ccccc2N(c2cccc(-c3cc(C#N)cc(C#N)c3)c2)c2ccccc21. The van der Waals surface area contributed by atoms with Gasteiger partial charge in [0.25, 0.3) is 0 Å². The van der Waals surface area contributed by atoms with Gasteiger partial charge >= 0.3 is 0 Å². The molecular formula is C28H19N3. The number of hydrogen-bond acceptors (Lipinski definition) is 3. The number of rotatable bonds is 2. The zero-order valence-corrected chi connectivity index (χ0v) is 17.1. The van der Waals surface area contributed by atoms with Gasteiger partial charge in [-0.15, -0.1) is 0 Å². The molecule has 3 nitrogen and oxygen atoms in total. The van der Waals surface area contributed by atoms with Crippen LogP contribution in [0.3, 0.4) is 0 Å². The summed E-state index contributed by atoms with van der Waals surface area (Å²) in [4.78, 5) is 2.30. The summed E-state index contributed by atoms with van der Waals surface area (Å²) in [6.45, 7) is 2.25. The highest BCUT2D eigenvalue weighted by Gasteiger charge is 2.28. The van der Waals surface area contributed by atoms with Crippen molar-refractivity contribution in [3.63, 3.8) is 0 Å². The van der Waals surface area contributed by atoms with Gasteiger partial charge in [0.2, 0.25) is 0 Å².